The lowest BCUT2D eigenvalue weighted by atomic mass is 9.60. The van der Waals surface area contributed by atoms with Gasteiger partial charge in [-0.2, -0.15) is 0 Å². The molecule has 0 radical (unpaired) electrons. The molecular formula is C22H26N2O2. The quantitative estimate of drug-likeness (QED) is 0.874. The molecular weight excluding hydrogens is 324 g/mol. The summed E-state index contributed by atoms with van der Waals surface area (Å²) in [6.07, 6.45) is 4.37. The van der Waals surface area contributed by atoms with E-state index < -0.39 is 0 Å². The lowest BCUT2D eigenvalue weighted by molar-refractivity contribution is -0.0511. The number of carbonyl (C=O) groups excluding carboxylic acids is 1. The van der Waals surface area contributed by atoms with Crippen LogP contribution in [0.5, 0.6) is 0 Å². The number of urea groups is 1. The van der Waals surface area contributed by atoms with Crippen LogP contribution < -0.4 is 10.6 Å². The van der Waals surface area contributed by atoms with Gasteiger partial charge in [0.25, 0.3) is 0 Å². The van der Waals surface area contributed by atoms with Gasteiger partial charge in [0, 0.05) is 19.3 Å². The number of nitrogens with one attached hydrogen (secondary N) is 2. The van der Waals surface area contributed by atoms with Gasteiger partial charge in [-0.3, -0.25) is 0 Å². The molecule has 2 amide bonds. The van der Waals surface area contributed by atoms with Crippen molar-refractivity contribution in [2.45, 2.75) is 37.8 Å². The maximum Gasteiger partial charge on any atom is 0.315 e. The third-order valence-corrected chi connectivity index (χ3v) is 6.01. The van der Waals surface area contributed by atoms with E-state index in [9.17, 15) is 4.79 Å². The Morgan fingerprint density at radius 3 is 2.00 bits per heavy atom. The fourth-order valence-electron chi connectivity index (χ4n) is 4.28. The summed E-state index contributed by atoms with van der Waals surface area (Å²) < 4.78 is 5.51. The molecule has 1 aliphatic heterocycles. The van der Waals surface area contributed by atoms with E-state index in [1.165, 1.54) is 6.42 Å². The van der Waals surface area contributed by atoms with Gasteiger partial charge in [-0.1, -0.05) is 60.7 Å². The van der Waals surface area contributed by atoms with E-state index in [2.05, 4.69) is 34.9 Å². The Kier molecular flexibility index (Phi) is 4.93. The molecule has 2 aromatic carbocycles. The van der Waals surface area contributed by atoms with E-state index in [4.69, 9.17) is 4.74 Å². The van der Waals surface area contributed by atoms with Crippen molar-refractivity contribution in [1.82, 2.24) is 10.6 Å². The molecule has 0 aromatic heterocycles. The van der Waals surface area contributed by atoms with Crippen LogP contribution in [0.25, 0.3) is 0 Å². The van der Waals surface area contributed by atoms with Gasteiger partial charge in [-0.05, 0) is 42.2 Å². The summed E-state index contributed by atoms with van der Waals surface area (Å²) in [7, 11) is 0. The Bertz CT molecular complexity index is 687. The zero-order valence-corrected chi connectivity index (χ0v) is 15.0. The van der Waals surface area contributed by atoms with Crippen LogP contribution in [0.3, 0.4) is 0 Å². The molecule has 136 valence electrons. The first-order valence-corrected chi connectivity index (χ1v) is 9.52. The Hall–Kier alpha value is -2.33. The van der Waals surface area contributed by atoms with E-state index in [1.54, 1.807) is 0 Å². The van der Waals surface area contributed by atoms with Gasteiger partial charge in [0.05, 0.1) is 6.04 Å². The third kappa shape index (κ3) is 3.47. The second-order valence-electron chi connectivity index (χ2n) is 7.44. The van der Waals surface area contributed by atoms with Crippen molar-refractivity contribution < 1.29 is 9.53 Å². The van der Waals surface area contributed by atoms with E-state index in [0.29, 0.717) is 0 Å². The van der Waals surface area contributed by atoms with Gasteiger partial charge < -0.3 is 15.4 Å². The minimum Gasteiger partial charge on any atom is -0.381 e. The molecule has 1 aliphatic carbocycles. The summed E-state index contributed by atoms with van der Waals surface area (Å²) in [6.45, 7) is 1.63. The molecule has 26 heavy (non-hydrogen) atoms. The van der Waals surface area contributed by atoms with Gasteiger partial charge in [-0.15, -0.1) is 0 Å². The molecule has 1 saturated carbocycles. The largest absolute Gasteiger partial charge is 0.381 e. The Morgan fingerprint density at radius 2 is 1.50 bits per heavy atom. The van der Waals surface area contributed by atoms with Crippen molar-refractivity contribution in [2.24, 2.45) is 5.41 Å². The number of ether oxygens (including phenoxy) is 1. The van der Waals surface area contributed by atoms with Gasteiger partial charge in [0.1, 0.15) is 0 Å². The SMILES string of the molecule is O=C(NC(c1ccccc1)c1ccccc1)NC1CCC12CCOCC2. The molecule has 2 aliphatic rings. The zero-order chi connectivity index (χ0) is 17.8. The van der Waals surface area contributed by atoms with Crippen molar-refractivity contribution in [3.63, 3.8) is 0 Å². The van der Waals surface area contributed by atoms with E-state index in [1.807, 2.05) is 36.4 Å². The summed E-state index contributed by atoms with van der Waals surface area (Å²) in [5.74, 6) is 0. The van der Waals surface area contributed by atoms with Crippen molar-refractivity contribution in [1.29, 1.82) is 0 Å². The first-order valence-electron chi connectivity index (χ1n) is 9.52. The van der Waals surface area contributed by atoms with Crippen LogP contribution in [0.1, 0.15) is 42.9 Å². The number of amides is 2. The second kappa shape index (κ2) is 7.50. The fourth-order valence-corrected chi connectivity index (χ4v) is 4.28. The summed E-state index contributed by atoms with van der Waals surface area (Å²) in [6, 6.07) is 20.3. The molecule has 4 heteroatoms. The lowest BCUT2D eigenvalue weighted by Gasteiger charge is -2.52. The predicted octanol–water partition coefficient (Wildman–Crippen LogP) is 4.03. The van der Waals surface area contributed by atoms with Crippen molar-refractivity contribution in [3.05, 3.63) is 71.8 Å². The van der Waals surface area contributed by atoms with Crippen molar-refractivity contribution in [2.75, 3.05) is 13.2 Å². The highest BCUT2D eigenvalue weighted by atomic mass is 16.5. The second-order valence-corrected chi connectivity index (χ2v) is 7.44. The number of carbonyl (C=O) groups is 1. The van der Waals surface area contributed by atoms with Crippen molar-refractivity contribution >= 4 is 6.03 Å². The van der Waals surface area contributed by atoms with Crippen LogP contribution >= 0.6 is 0 Å². The molecule has 1 heterocycles. The minimum atomic E-state index is -0.150. The van der Waals surface area contributed by atoms with Gasteiger partial charge in [0.15, 0.2) is 0 Å². The number of hydrogen-bond donors (Lipinski definition) is 2. The summed E-state index contributed by atoms with van der Waals surface area (Å²) >= 11 is 0. The molecule has 1 unspecified atom stereocenters. The van der Waals surface area contributed by atoms with E-state index in [0.717, 1.165) is 43.6 Å². The number of hydrogen-bond acceptors (Lipinski definition) is 2. The highest BCUT2D eigenvalue weighted by Crippen LogP contribution is 2.48. The Morgan fingerprint density at radius 1 is 0.923 bits per heavy atom. The predicted molar refractivity (Wildman–Crippen MR) is 102 cm³/mol. The average Bonchev–Trinajstić information content (AvgIpc) is 2.71. The number of rotatable bonds is 4. The first kappa shape index (κ1) is 17.1. The topological polar surface area (TPSA) is 50.4 Å². The van der Waals surface area contributed by atoms with Crippen LogP contribution in [0.2, 0.25) is 0 Å². The van der Waals surface area contributed by atoms with Crippen molar-refractivity contribution in [3.8, 4) is 0 Å². The maximum atomic E-state index is 12.8. The molecule has 4 rings (SSSR count). The molecule has 2 fully saturated rings. The van der Waals surface area contributed by atoms with E-state index in [-0.39, 0.29) is 23.5 Å². The van der Waals surface area contributed by atoms with E-state index >= 15 is 0 Å². The smallest absolute Gasteiger partial charge is 0.315 e. The maximum absolute atomic E-state index is 12.8. The van der Waals surface area contributed by atoms with Crippen LogP contribution in [-0.2, 0) is 4.74 Å². The molecule has 0 bridgehead atoms. The Labute approximate surface area is 155 Å². The van der Waals surface area contributed by atoms with Gasteiger partial charge in [0.2, 0.25) is 0 Å². The molecule has 2 aromatic rings. The highest BCUT2D eigenvalue weighted by Gasteiger charge is 2.48. The lowest BCUT2D eigenvalue weighted by Crippen LogP contribution is -2.59. The normalized spacial score (nSPS) is 21.2. The Balaban J connectivity index is 1.47. The summed E-state index contributed by atoms with van der Waals surface area (Å²) in [4.78, 5) is 12.8. The van der Waals surface area contributed by atoms with Gasteiger partial charge >= 0.3 is 6.03 Å². The van der Waals surface area contributed by atoms with Crippen LogP contribution in [0.15, 0.2) is 60.7 Å². The van der Waals surface area contributed by atoms with Crippen LogP contribution in [0, 0.1) is 5.41 Å². The minimum absolute atomic E-state index is 0.0849. The molecule has 4 nitrogen and oxygen atoms in total. The number of benzene rings is 2. The molecule has 2 N–H and O–H groups in total. The monoisotopic (exact) mass is 350 g/mol. The summed E-state index contributed by atoms with van der Waals surface area (Å²) in [5, 5.41) is 6.43. The molecule has 1 spiro atoms. The molecule has 1 saturated heterocycles. The van der Waals surface area contributed by atoms with Crippen LogP contribution in [-0.4, -0.2) is 25.3 Å². The zero-order valence-electron chi connectivity index (χ0n) is 15.0. The third-order valence-electron chi connectivity index (χ3n) is 6.01. The fraction of sp³-hybridized carbons (Fsp3) is 0.409. The first-order chi connectivity index (χ1) is 12.8. The standard InChI is InChI=1S/C22H26N2O2/c25-21(23-19-11-12-22(19)13-15-26-16-14-22)24-20(17-7-3-1-4-8-17)18-9-5-2-6-10-18/h1-10,19-20H,11-16H2,(H2,23,24,25). The van der Waals surface area contributed by atoms with Crippen LogP contribution in [0.4, 0.5) is 4.79 Å². The summed E-state index contributed by atoms with van der Waals surface area (Å²) in [5.41, 5.74) is 2.43. The highest BCUT2D eigenvalue weighted by molar-refractivity contribution is 5.75. The molecule has 1 atom stereocenters. The average molecular weight is 350 g/mol. The van der Waals surface area contributed by atoms with Gasteiger partial charge in [-0.25, -0.2) is 4.79 Å².